The van der Waals surface area contributed by atoms with E-state index in [2.05, 4.69) is 5.32 Å². The Morgan fingerprint density at radius 2 is 2.10 bits per heavy atom. The number of carbonyl (C=O) groups is 1. The lowest BCUT2D eigenvalue weighted by molar-refractivity contribution is -0.384. The van der Waals surface area contributed by atoms with Gasteiger partial charge in [-0.05, 0) is 13.0 Å². The Morgan fingerprint density at radius 1 is 1.50 bits per heavy atom. The van der Waals surface area contributed by atoms with Gasteiger partial charge in [-0.3, -0.25) is 14.9 Å². The molecule has 0 aliphatic heterocycles. The molecule has 0 fully saturated rings. The van der Waals surface area contributed by atoms with Crippen molar-refractivity contribution in [2.45, 2.75) is 13.0 Å². The number of para-hydroxylation sites is 2. The second kappa shape index (κ2) is 8.34. The van der Waals surface area contributed by atoms with Crippen molar-refractivity contribution in [2.75, 3.05) is 25.0 Å². The van der Waals surface area contributed by atoms with Crippen molar-refractivity contribution >= 4 is 29.7 Å². The number of nitrogens with one attached hydrogen (secondary N) is 1. The van der Waals surface area contributed by atoms with E-state index in [9.17, 15) is 14.9 Å². The Kier molecular flexibility index (Phi) is 7.56. The Bertz CT molecular complexity index is 470. The zero-order valence-electron chi connectivity index (χ0n) is 11.4. The van der Waals surface area contributed by atoms with Gasteiger partial charge in [-0.15, -0.1) is 12.4 Å². The van der Waals surface area contributed by atoms with Crippen molar-refractivity contribution in [1.29, 1.82) is 0 Å². The molecule has 0 aliphatic carbocycles. The second-order valence-electron chi connectivity index (χ2n) is 4.31. The molecule has 0 unspecified atom stereocenters. The summed E-state index contributed by atoms with van der Waals surface area (Å²) in [5.74, 6) is -0.224. The second-order valence-corrected chi connectivity index (χ2v) is 4.31. The van der Waals surface area contributed by atoms with Crippen LogP contribution in [0.15, 0.2) is 24.3 Å². The third-order valence-corrected chi connectivity index (χ3v) is 2.63. The number of rotatable bonds is 6. The molecule has 1 aromatic carbocycles. The van der Waals surface area contributed by atoms with Gasteiger partial charge in [0.15, 0.2) is 0 Å². The normalized spacial score (nSPS) is 11.2. The lowest BCUT2D eigenvalue weighted by Gasteiger charge is -2.20. The number of nitrogens with zero attached hydrogens (tertiary/aromatic N) is 2. The third kappa shape index (κ3) is 5.02. The van der Waals surface area contributed by atoms with Gasteiger partial charge in [0, 0.05) is 25.7 Å². The van der Waals surface area contributed by atoms with Crippen LogP contribution in [-0.2, 0) is 4.79 Å². The highest BCUT2D eigenvalue weighted by Gasteiger charge is 2.18. The monoisotopic (exact) mass is 302 g/mol. The molecule has 1 amide bonds. The lowest BCUT2D eigenvalue weighted by atomic mass is 10.2. The summed E-state index contributed by atoms with van der Waals surface area (Å²) in [6.07, 6.45) is 0. The first kappa shape index (κ1) is 18.1. The predicted octanol–water partition coefficient (Wildman–Crippen LogP) is 0.916. The van der Waals surface area contributed by atoms with Crippen LogP contribution in [0.25, 0.3) is 0 Å². The van der Waals surface area contributed by atoms with Gasteiger partial charge in [-0.25, -0.2) is 0 Å². The van der Waals surface area contributed by atoms with Crippen molar-refractivity contribution in [3.8, 4) is 0 Å². The lowest BCUT2D eigenvalue weighted by Crippen LogP contribution is -2.43. The van der Waals surface area contributed by atoms with E-state index in [-0.39, 0.29) is 36.6 Å². The number of hydrogen-bond donors (Lipinski definition) is 2. The van der Waals surface area contributed by atoms with Gasteiger partial charge in [-0.1, -0.05) is 12.1 Å². The van der Waals surface area contributed by atoms with Crippen LogP contribution in [0.4, 0.5) is 11.4 Å². The minimum absolute atomic E-state index is 0. The first-order valence-corrected chi connectivity index (χ1v) is 5.89. The summed E-state index contributed by atoms with van der Waals surface area (Å²) in [5.41, 5.74) is 5.79. The minimum Gasteiger partial charge on any atom is -0.360 e. The summed E-state index contributed by atoms with van der Waals surface area (Å²) in [7, 11) is 1.63. The summed E-state index contributed by atoms with van der Waals surface area (Å²) < 4.78 is 0. The Labute approximate surface area is 123 Å². The van der Waals surface area contributed by atoms with Gasteiger partial charge in [-0.2, -0.15) is 0 Å². The predicted molar refractivity (Wildman–Crippen MR) is 80.3 cm³/mol. The van der Waals surface area contributed by atoms with E-state index in [0.717, 1.165) is 0 Å². The SMILES string of the molecule is C[C@@H](CN)NC(=O)CN(C)c1ccccc1[N+](=O)[O-].Cl. The maximum absolute atomic E-state index is 11.7. The Balaban J connectivity index is 0.00000361. The molecule has 0 spiro atoms. The number of carbonyl (C=O) groups excluding carboxylic acids is 1. The van der Waals surface area contributed by atoms with Crippen LogP contribution >= 0.6 is 12.4 Å². The molecular weight excluding hydrogens is 284 g/mol. The van der Waals surface area contributed by atoms with E-state index in [1.807, 2.05) is 0 Å². The topological polar surface area (TPSA) is 102 Å². The fourth-order valence-corrected chi connectivity index (χ4v) is 1.62. The molecule has 112 valence electrons. The molecule has 3 N–H and O–H groups in total. The molecule has 1 atom stereocenters. The van der Waals surface area contributed by atoms with Crippen LogP contribution in [0.2, 0.25) is 0 Å². The largest absolute Gasteiger partial charge is 0.360 e. The summed E-state index contributed by atoms with van der Waals surface area (Å²) in [6.45, 7) is 2.18. The Hall–Kier alpha value is -1.86. The van der Waals surface area contributed by atoms with Crippen LogP contribution in [-0.4, -0.2) is 37.0 Å². The molecule has 0 saturated heterocycles. The fourth-order valence-electron chi connectivity index (χ4n) is 1.62. The summed E-state index contributed by atoms with van der Waals surface area (Å²) in [5, 5.41) is 13.6. The molecule has 0 aromatic heterocycles. The number of nitro benzene ring substituents is 1. The standard InChI is InChI=1S/C12H18N4O3.ClH/c1-9(7-13)14-12(17)8-15(2)10-5-3-4-6-11(10)16(18)19;/h3-6,9H,7-8,13H2,1-2H3,(H,14,17);1H/t9-;/m0./s1. The number of likely N-dealkylation sites (N-methyl/N-ethyl adjacent to an activating group) is 1. The van der Waals surface area contributed by atoms with E-state index in [0.29, 0.717) is 12.2 Å². The number of nitrogens with two attached hydrogens (primary N) is 1. The van der Waals surface area contributed by atoms with Crippen LogP contribution in [0.1, 0.15) is 6.92 Å². The third-order valence-electron chi connectivity index (χ3n) is 2.63. The highest BCUT2D eigenvalue weighted by atomic mass is 35.5. The van der Waals surface area contributed by atoms with E-state index >= 15 is 0 Å². The average molecular weight is 303 g/mol. The summed E-state index contributed by atoms with van der Waals surface area (Å²) >= 11 is 0. The van der Waals surface area contributed by atoms with Crippen molar-refractivity contribution < 1.29 is 9.72 Å². The highest BCUT2D eigenvalue weighted by molar-refractivity contribution is 5.85. The maximum Gasteiger partial charge on any atom is 0.292 e. The van der Waals surface area contributed by atoms with Crippen LogP contribution < -0.4 is 16.0 Å². The van der Waals surface area contributed by atoms with Gasteiger partial charge >= 0.3 is 0 Å². The fraction of sp³-hybridized carbons (Fsp3) is 0.417. The van der Waals surface area contributed by atoms with E-state index < -0.39 is 4.92 Å². The van der Waals surface area contributed by atoms with Crippen molar-refractivity contribution in [3.05, 3.63) is 34.4 Å². The molecule has 0 saturated carbocycles. The average Bonchev–Trinajstić information content (AvgIpc) is 2.38. The highest BCUT2D eigenvalue weighted by Crippen LogP contribution is 2.26. The maximum atomic E-state index is 11.7. The summed E-state index contributed by atoms with van der Waals surface area (Å²) in [4.78, 5) is 23.7. The quantitative estimate of drug-likeness (QED) is 0.601. The van der Waals surface area contributed by atoms with Gasteiger partial charge in [0.05, 0.1) is 11.5 Å². The molecule has 1 rings (SSSR count). The van der Waals surface area contributed by atoms with Crippen LogP contribution in [0.5, 0.6) is 0 Å². The molecule has 1 aromatic rings. The number of anilines is 1. The number of nitro groups is 1. The number of halogens is 1. The van der Waals surface area contributed by atoms with Gasteiger partial charge < -0.3 is 16.0 Å². The first-order valence-electron chi connectivity index (χ1n) is 5.89. The van der Waals surface area contributed by atoms with Crippen LogP contribution in [0.3, 0.4) is 0 Å². The molecule has 7 nitrogen and oxygen atoms in total. The Morgan fingerprint density at radius 3 is 2.65 bits per heavy atom. The number of amides is 1. The molecule has 0 aliphatic rings. The van der Waals surface area contributed by atoms with Crippen molar-refractivity contribution in [3.63, 3.8) is 0 Å². The number of hydrogen-bond acceptors (Lipinski definition) is 5. The molecule has 20 heavy (non-hydrogen) atoms. The van der Waals surface area contributed by atoms with Crippen molar-refractivity contribution in [1.82, 2.24) is 5.32 Å². The van der Waals surface area contributed by atoms with E-state index in [1.54, 1.807) is 32.2 Å². The molecule has 8 heteroatoms. The van der Waals surface area contributed by atoms with Gasteiger partial charge in [0.1, 0.15) is 5.69 Å². The van der Waals surface area contributed by atoms with Gasteiger partial charge in [0.2, 0.25) is 5.91 Å². The van der Waals surface area contributed by atoms with Gasteiger partial charge in [0.25, 0.3) is 5.69 Å². The van der Waals surface area contributed by atoms with Crippen molar-refractivity contribution in [2.24, 2.45) is 5.73 Å². The minimum atomic E-state index is -0.466. The van der Waals surface area contributed by atoms with Crippen LogP contribution in [0, 0.1) is 10.1 Å². The van der Waals surface area contributed by atoms with E-state index in [4.69, 9.17) is 5.73 Å². The first-order chi connectivity index (χ1) is 8.95. The smallest absolute Gasteiger partial charge is 0.292 e. The summed E-state index contributed by atoms with van der Waals surface area (Å²) in [6, 6.07) is 6.18. The van der Waals surface area contributed by atoms with E-state index in [1.165, 1.54) is 11.0 Å². The molecule has 0 bridgehead atoms. The zero-order valence-corrected chi connectivity index (χ0v) is 12.2. The zero-order chi connectivity index (χ0) is 14.4. The molecule has 0 heterocycles. The molecule has 0 radical (unpaired) electrons. The molecular formula is C12H19ClN4O3. The number of benzene rings is 1.